The van der Waals surface area contributed by atoms with Gasteiger partial charge in [-0.15, -0.1) is 5.10 Å². The lowest BCUT2D eigenvalue weighted by Crippen LogP contribution is -2.19. The third-order valence-electron chi connectivity index (χ3n) is 3.91. The van der Waals surface area contributed by atoms with Gasteiger partial charge in [-0.05, 0) is 59.2 Å². The number of aromatic nitrogens is 4. The molecule has 0 aliphatic carbocycles. The number of ether oxygens (including phenoxy) is 1. The van der Waals surface area contributed by atoms with Crippen LogP contribution in [0.5, 0.6) is 5.75 Å². The molecule has 142 valence electrons. The van der Waals surface area contributed by atoms with Crippen molar-refractivity contribution in [3.63, 3.8) is 0 Å². The van der Waals surface area contributed by atoms with Crippen LogP contribution in [0.1, 0.15) is 16.7 Å². The summed E-state index contributed by atoms with van der Waals surface area (Å²) >= 11 is 1.40. The summed E-state index contributed by atoms with van der Waals surface area (Å²) in [6, 6.07) is 12.5. The molecule has 0 spiro atoms. The first kappa shape index (κ1) is 19.2. The van der Waals surface area contributed by atoms with Crippen LogP contribution in [0, 0.1) is 13.8 Å². The molecule has 0 bridgehead atoms. The minimum atomic E-state index is -4.36. The topological polar surface area (TPSA) is 52.8 Å². The number of halogens is 3. The smallest absolute Gasteiger partial charge is 0.422 e. The first-order valence-electron chi connectivity index (χ1n) is 8.10. The van der Waals surface area contributed by atoms with Gasteiger partial charge in [0, 0.05) is 5.75 Å². The highest BCUT2D eigenvalue weighted by atomic mass is 32.2. The molecule has 0 fully saturated rings. The Bertz CT molecular complexity index is 927. The van der Waals surface area contributed by atoms with Crippen molar-refractivity contribution in [1.29, 1.82) is 0 Å². The Hall–Kier alpha value is -2.55. The first-order chi connectivity index (χ1) is 12.8. The first-order valence-corrected chi connectivity index (χ1v) is 9.08. The Morgan fingerprint density at radius 2 is 1.89 bits per heavy atom. The fraction of sp³-hybridized carbons (Fsp3) is 0.278. The molecule has 0 atom stereocenters. The molecule has 1 heterocycles. The molecule has 3 rings (SSSR count). The van der Waals surface area contributed by atoms with E-state index in [1.807, 2.05) is 38.1 Å². The van der Waals surface area contributed by atoms with Crippen LogP contribution in [-0.2, 0) is 5.75 Å². The summed E-state index contributed by atoms with van der Waals surface area (Å²) < 4.78 is 43.3. The van der Waals surface area contributed by atoms with E-state index in [0.717, 1.165) is 22.4 Å². The molecule has 0 saturated carbocycles. The van der Waals surface area contributed by atoms with Gasteiger partial charge in [-0.1, -0.05) is 36.0 Å². The fourth-order valence-corrected chi connectivity index (χ4v) is 3.25. The van der Waals surface area contributed by atoms with Gasteiger partial charge in [-0.3, -0.25) is 0 Å². The summed E-state index contributed by atoms with van der Waals surface area (Å²) in [6.07, 6.45) is -4.36. The molecule has 5 nitrogen and oxygen atoms in total. The van der Waals surface area contributed by atoms with E-state index in [1.54, 1.807) is 16.8 Å². The standard InChI is InChI=1S/C18H17F3N4OS/c1-12-5-3-8-16(13(12)2)25-17(22-23-24-25)27-10-14-6-4-7-15(9-14)26-11-18(19,20)21/h3-9H,10-11H2,1-2H3. The van der Waals surface area contributed by atoms with Gasteiger partial charge in [0.05, 0.1) is 5.69 Å². The van der Waals surface area contributed by atoms with Gasteiger partial charge in [0.1, 0.15) is 5.75 Å². The monoisotopic (exact) mass is 394 g/mol. The maximum atomic E-state index is 12.3. The molecule has 9 heteroatoms. The average Bonchev–Trinajstić information content (AvgIpc) is 3.09. The normalized spacial score (nSPS) is 11.6. The van der Waals surface area contributed by atoms with E-state index in [1.165, 1.54) is 17.8 Å². The molecule has 0 radical (unpaired) electrons. The van der Waals surface area contributed by atoms with Crippen molar-refractivity contribution in [2.75, 3.05) is 6.61 Å². The number of nitrogens with zero attached hydrogens (tertiary/aromatic N) is 4. The van der Waals surface area contributed by atoms with Crippen molar-refractivity contribution in [2.45, 2.75) is 30.9 Å². The highest BCUT2D eigenvalue weighted by Crippen LogP contribution is 2.26. The second-order valence-electron chi connectivity index (χ2n) is 5.93. The van der Waals surface area contributed by atoms with Crippen molar-refractivity contribution < 1.29 is 17.9 Å². The van der Waals surface area contributed by atoms with Gasteiger partial charge >= 0.3 is 6.18 Å². The SMILES string of the molecule is Cc1cccc(-n2nnnc2SCc2cccc(OCC(F)(F)F)c2)c1C. The maximum absolute atomic E-state index is 12.3. The summed E-state index contributed by atoms with van der Waals surface area (Å²) in [4.78, 5) is 0. The van der Waals surface area contributed by atoms with Crippen LogP contribution >= 0.6 is 11.8 Å². The largest absolute Gasteiger partial charge is 0.484 e. The highest BCUT2D eigenvalue weighted by Gasteiger charge is 2.28. The molecular formula is C18H17F3N4OS. The number of aryl methyl sites for hydroxylation is 1. The molecule has 27 heavy (non-hydrogen) atoms. The fourth-order valence-electron chi connectivity index (χ4n) is 2.42. The second-order valence-corrected chi connectivity index (χ2v) is 6.87. The minimum absolute atomic E-state index is 0.180. The molecule has 0 N–H and O–H groups in total. The van der Waals surface area contributed by atoms with Gasteiger partial charge in [0.25, 0.3) is 0 Å². The molecule has 0 saturated heterocycles. The second kappa shape index (κ2) is 7.99. The summed E-state index contributed by atoms with van der Waals surface area (Å²) in [7, 11) is 0. The Kier molecular flexibility index (Phi) is 5.69. The Labute approximate surface area is 158 Å². The molecule has 3 aromatic rings. The quantitative estimate of drug-likeness (QED) is 0.576. The van der Waals surface area contributed by atoms with E-state index in [0.29, 0.717) is 10.9 Å². The zero-order chi connectivity index (χ0) is 19.4. The predicted octanol–water partition coefficient (Wildman–Crippen LogP) is 4.51. The molecule has 1 aromatic heterocycles. The van der Waals surface area contributed by atoms with Crippen LogP contribution in [0.4, 0.5) is 13.2 Å². The number of hydrogen-bond acceptors (Lipinski definition) is 5. The number of benzene rings is 2. The molecular weight excluding hydrogens is 377 g/mol. The van der Waals surface area contributed by atoms with Crippen molar-refractivity contribution in [2.24, 2.45) is 0 Å². The number of hydrogen-bond donors (Lipinski definition) is 0. The Morgan fingerprint density at radius 3 is 2.67 bits per heavy atom. The zero-order valence-electron chi connectivity index (χ0n) is 14.7. The number of thioether (sulfide) groups is 1. The summed E-state index contributed by atoms with van der Waals surface area (Å²) in [5.74, 6) is 0.675. The highest BCUT2D eigenvalue weighted by molar-refractivity contribution is 7.98. The molecule has 0 aliphatic rings. The lowest BCUT2D eigenvalue weighted by atomic mass is 10.1. The maximum Gasteiger partial charge on any atom is 0.422 e. The van der Waals surface area contributed by atoms with Gasteiger partial charge in [-0.2, -0.15) is 17.9 Å². The van der Waals surface area contributed by atoms with Crippen LogP contribution in [0.2, 0.25) is 0 Å². The van der Waals surface area contributed by atoms with Gasteiger partial charge in [-0.25, -0.2) is 0 Å². The lowest BCUT2D eigenvalue weighted by Gasteiger charge is -2.11. The van der Waals surface area contributed by atoms with Crippen molar-refractivity contribution in [3.05, 3.63) is 59.2 Å². The van der Waals surface area contributed by atoms with Gasteiger partial charge in [0.15, 0.2) is 6.61 Å². The minimum Gasteiger partial charge on any atom is -0.484 e. The van der Waals surface area contributed by atoms with Gasteiger partial charge < -0.3 is 4.74 Å². The number of tetrazole rings is 1. The van der Waals surface area contributed by atoms with Crippen LogP contribution in [0.25, 0.3) is 5.69 Å². The predicted molar refractivity (Wildman–Crippen MR) is 96.2 cm³/mol. The number of rotatable bonds is 6. The Morgan fingerprint density at radius 1 is 1.11 bits per heavy atom. The van der Waals surface area contributed by atoms with Crippen LogP contribution in [-0.4, -0.2) is 33.0 Å². The summed E-state index contributed by atoms with van der Waals surface area (Å²) in [5, 5.41) is 12.5. The van der Waals surface area contributed by atoms with E-state index in [9.17, 15) is 13.2 Å². The zero-order valence-corrected chi connectivity index (χ0v) is 15.5. The Balaban J connectivity index is 1.72. The van der Waals surface area contributed by atoms with Crippen LogP contribution < -0.4 is 4.74 Å². The molecule has 2 aromatic carbocycles. The summed E-state index contributed by atoms with van der Waals surface area (Å²) in [6.45, 7) is 2.71. The third-order valence-corrected chi connectivity index (χ3v) is 4.90. The van der Waals surface area contributed by atoms with Gasteiger partial charge in [0.2, 0.25) is 5.16 Å². The van der Waals surface area contributed by atoms with E-state index < -0.39 is 12.8 Å². The van der Waals surface area contributed by atoms with E-state index >= 15 is 0 Å². The summed E-state index contributed by atoms with van der Waals surface area (Å²) in [5.41, 5.74) is 3.92. The van der Waals surface area contributed by atoms with Crippen molar-refractivity contribution in [3.8, 4) is 11.4 Å². The van der Waals surface area contributed by atoms with Crippen LogP contribution in [0.15, 0.2) is 47.6 Å². The van der Waals surface area contributed by atoms with E-state index in [-0.39, 0.29) is 5.75 Å². The molecule has 0 aliphatic heterocycles. The average molecular weight is 394 g/mol. The van der Waals surface area contributed by atoms with Crippen molar-refractivity contribution in [1.82, 2.24) is 20.2 Å². The van der Waals surface area contributed by atoms with Crippen molar-refractivity contribution >= 4 is 11.8 Å². The molecule has 0 unspecified atom stereocenters. The lowest BCUT2D eigenvalue weighted by molar-refractivity contribution is -0.153. The van der Waals surface area contributed by atoms with Crippen LogP contribution in [0.3, 0.4) is 0 Å². The van der Waals surface area contributed by atoms with E-state index in [2.05, 4.69) is 15.5 Å². The molecule has 0 amide bonds. The number of alkyl halides is 3. The third kappa shape index (κ3) is 5.00. The van der Waals surface area contributed by atoms with E-state index in [4.69, 9.17) is 4.74 Å².